The maximum absolute atomic E-state index is 13.2. The summed E-state index contributed by atoms with van der Waals surface area (Å²) < 4.78 is 0. The Balaban J connectivity index is 1.67. The van der Waals surface area contributed by atoms with Gasteiger partial charge in [-0.2, -0.15) is 0 Å². The molecule has 1 aliphatic heterocycles. The van der Waals surface area contributed by atoms with Crippen LogP contribution >= 0.6 is 11.8 Å². The Kier molecular flexibility index (Phi) is 5.58. The van der Waals surface area contributed by atoms with Crippen molar-refractivity contribution in [3.8, 4) is 0 Å². The van der Waals surface area contributed by atoms with Crippen molar-refractivity contribution in [3.05, 3.63) is 106 Å². The molecule has 4 nitrogen and oxygen atoms in total. The van der Waals surface area contributed by atoms with Gasteiger partial charge in [-0.25, -0.2) is 0 Å². The molecule has 0 saturated carbocycles. The summed E-state index contributed by atoms with van der Waals surface area (Å²) in [4.78, 5) is 32.3. The fourth-order valence-electron chi connectivity index (χ4n) is 3.21. The van der Waals surface area contributed by atoms with Gasteiger partial charge in [0.1, 0.15) is 0 Å². The molecule has 0 unspecified atom stereocenters. The predicted octanol–water partition coefficient (Wildman–Crippen LogP) is 4.60. The highest BCUT2D eigenvalue weighted by molar-refractivity contribution is 8.03. The van der Waals surface area contributed by atoms with Gasteiger partial charge in [-0.1, -0.05) is 60.2 Å². The van der Waals surface area contributed by atoms with Gasteiger partial charge < -0.3 is 0 Å². The second-order valence-corrected chi connectivity index (χ2v) is 7.88. The lowest BCUT2D eigenvalue weighted by molar-refractivity contribution is -0.137. The highest BCUT2D eigenvalue weighted by atomic mass is 32.2. The number of aryl methyl sites for hydroxylation is 1. The van der Waals surface area contributed by atoms with Crippen molar-refractivity contribution in [2.75, 3.05) is 0 Å². The number of carbonyl (C=O) groups is 2. The van der Waals surface area contributed by atoms with Crippen LogP contribution in [0.4, 0.5) is 0 Å². The molecule has 0 spiro atoms. The number of amides is 2. The van der Waals surface area contributed by atoms with Crippen LogP contribution in [0.25, 0.3) is 5.57 Å². The smallest absolute Gasteiger partial charge is 0.268 e. The number of aromatic nitrogens is 1. The van der Waals surface area contributed by atoms with Crippen LogP contribution in [-0.4, -0.2) is 21.7 Å². The van der Waals surface area contributed by atoms with Gasteiger partial charge in [0, 0.05) is 18.1 Å². The molecule has 3 aromatic rings. The van der Waals surface area contributed by atoms with Crippen LogP contribution in [0.5, 0.6) is 0 Å². The lowest BCUT2D eigenvalue weighted by Crippen LogP contribution is -2.30. The summed E-state index contributed by atoms with van der Waals surface area (Å²) >= 11 is 1.43. The molecule has 2 aromatic carbocycles. The van der Waals surface area contributed by atoms with Gasteiger partial charge >= 0.3 is 0 Å². The number of pyridine rings is 1. The van der Waals surface area contributed by atoms with E-state index in [0.717, 1.165) is 22.3 Å². The zero-order chi connectivity index (χ0) is 20.2. The summed E-state index contributed by atoms with van der Waals surface area (Å²) in [6, 6.07) is 21.4. The predicted molar refractivity (Wildman–Crippen MR) is 116 cm³/mol. The maximum Gasteiger partial charge on any atom is 0.268 e. The molecule has 0 atom stereocenters. The third-order valence-electron chi connectivity index (χ3n) is 4.78. The van der Waals surface area contributed by atoms with E-state index in [-0.39, 0.29) is 18.4 Å². The Hall–Kier alpha value is -3.18. The summed E-state index contributed by atoms with van der Waals surface area (Å²) in [6.45, 7) is 2.24. The first-order valence-corrected chi connectivity index (χ1v) is 10.3. The molecule has 29 heavy (non-hydrogen) atoms. The average molecular weight is 401 g/mol. The fraction of sp³-hybridized carbons (Fsp3) is 0.125. The van der Waals surface area contributed by atoms with Crippen molar-refractivity contribution >= 4 is 29.1 Å². The number of nitrogens with zero attached hydrogens (tertiary/aromatic N) is 2. The number of thioether (sulfide) groups is 1. The molecule has 5 heteroatoms. The van der Waals surface area contributed by atoms with E-state index < -0.39 is 0 Å². The van der Waals surface area contributed by atoms with Gasteiger partial charge in [-0.15, -0.1) is 11.8 Å². The van der Waals surface area contributed by atoms with Gasteiger partial charge in [-0.05, 0) is 35.7 Å². The molecule has 2 amide bonds. The summed E-state index contributed by atoms with van der Waals surface area (Å²) in [7, 11) is 0. The highest BCUT2D eigenvalue weighted by Gasteiger charge is 2.39. The molecule has 0 saturated heterocycles. The zero-order valence-corrected chi connectivity index (χ0v) is 16.9. The summed E-state index contributed by atoms with van der Waals surface area (Å²) in [5.41, 5.74) is 4.37. The number of rotatable bonds is 6. The highest BCUT2D eigenvalue weighted by Crippen LogP contribution is 2.38. The third kappa shape index (κ3) is 4.15. The minimum absolute atomic E-state index is 0.233. The third-order valence-corrected chi connectivity index (χ3v) is 5.93. The lowest BCUT2D eigenvalue weighted by Gasteiger charge is -2.15. The first-order valence-electron chi connectivity index (χ1n) is 9.36. The van der Waals surface area contributed by atoms with Gasteiger partial charge in [-0.3, -0.25) is 19.5 Å². The molecule has 1 aliphatic rings. The number of carbonyl (C=O) groups excluding carboxylic acids is 2. The molecular formula is C24H20N2O2S. The van der Waals surface area contributed by atoms with Crippen molar-refractivity contribution in [1.29, 1.82) is 0 Å². The van der Waals surface area contributed by atoms with E-state index in [1.807, 2.05) is 73.7 Å². The molecular weight excluding hydrogens is 380 g/mol. The van der Waals surface area contributed by atoms with E-state index in [1.54, 1.807) is 12.4 Å². The van der Waals surface area contributed by atoms with E-state index in [1.165, 1.54) is 16.7 Å². The second kappa shape index (κ2) is 8.45. The molecule has 0 aliphatic carbocycles. The maximum atomic E-state index is 13.2. The molecule has 2 heterocycles. The van der Waals surface area contributed by atoms with Gasteiger partial charge in [0.2, 0.25) is 0 Å². The van der Waals surface area contributed by atoms with E-state index in [0.29, 0.717) is 16.2 Å². The van der Waals surface area contributed by atoms with Crippen LogP contribution in [-0.2, 0) is 21.9 Å². The van der Waals surface area contributed by atoms with Crippen LogP contribution in [0.3, 0.4) is 0 Å². The molecule has 0 fully saturated rings. The number of hydrogen-bond acceptors (Lipinski definition) is 4. The minimum atomic E-state index is -0.244. The minimum Gasteiger partial charge on any atom is -0.269 e. The Morgan fingerprint density at radius 3 is 2.21 bits per heavy atom. The van der Waals surface area contributed by atoms with E-state index >= 15 is 0 Å². The molecule has 1 aromatic heterocycles. The lowest BCUT2D eigenvalue weighted by atomic mass is 10.0. The number of hydrogen-bond donors (Lipinski definition) is 0. The fourth-order valence-corrected chi connectivity index (χ4v) is 4.29. The van der Waals surface area contributed by atoms with Crippen LogP contribution in [0, 0.1) is 6.92 Å². The molecule has 0 N–H and O–H groups in total. The van der Waals surface area contributed by atoms with Crippen LogP contribution in [0.1, 0.15) is 22.3 Å². The van der Waals surface area contributed by atoms with E-state index in [9.17, 15) is 9.59 Å². The largest absolute Gasteiger partial charge is 0.269 e. The van der Waals surface area contributed by atoms with Gasteiger partial charge in [0.05, 0.1) is 17.0 Å². The second-order valence-electron chi connectivity index (χ2n) is 6.90. The Labute approximate surface area is 174 Å². The van der Waals surface area contributed by atoms with Crippen molar-refractivity contribution in [2.24, 2.45) is 0 Å². The summed E-state index contributed by atoms with van der Waals surface area (Å²) in [6.07, 6.45) is 3.33. The Morgan fingerprint density at radius 2 is 1.52 bits per heavy atom. The number of imide groups is 1. The van der Waals surface area contributed by atoms with Crippen LogP contribution in [0.15, 0.2) is 84.0 Å². The van der Waals surface area contributed by atoms with Gasteiger partial charge in [0.15, 0.2) is 0 Å². The standard InChI is InChI=1S/C24H20N2O2S/c1-17-7-9-20(10-8-17)21-22(29-16-19-5-3-2-4-6-19)24(28)26(23(21)27)15-18-11-13-25-14-12-18/h2-14H,15-16H2,1H3. The van der Waals surface area contributed by atoms with Crippen molar-refractivity contribution in [1.82, 2.24) is 9.88 Å². The SMILES string of the molecule is Cc1ccc(C2=C(SCc3ccccc3)C(=O)N(Cc3ccncc3)C2=O)cc1. The van der Waals surface area contributed by atoms with Gasteiger partial charge in [0.25, 0.3) is 11.8 Å². The van der Waals surface area contributed by atoms with Crippen LogP contribution < -0.4 is 0 Å². The topological polar surface area (TPSA) is 50.3 Å². The first kappa shape index (κ1) is 19.2. The Bertz CT molecular complexity index is 1060. The molecule has 144 valence electrons. The van der Waals surface area contributed by atoms with Crippen molar-refractivity contribution < 1.29 is 9.59 Å². The van der Waals surface area contributed by atoms with Crippen LogP contribution in [0.2, 0.25) is 0 Å². The zero-order valence-electron chi connectivity index (χ0n) is 16.0. The molecule has 0 bridgehead atoms. The molecule has 0 radical (unpaired) electrons. The van der Waals surface area contributed by atoms with Crippen molar-refractivity contribution in [2.45, 2.75) is 19.2 Å². The first-order chi connectivity index (χ1) is 14.1. The molecule has 4 rings (SSSR count). The van der Waals surface area contributed by atoms with Crippen molar-refractivity contribution in [3.63, 3.8) is 0 Å². The Morgan fingerprint density at radius 1 is 0.828 bits per heavy atom. The van der Waals surface area contributed by atoms with E-state index in [4.69, 9.17) is 0 Å². The van der Waals surface area contributed by atoms with E-state index in [2.05, 4.69) is 4.98 Å². The summed E-state index contributed by atoms with van der Waals surface area (Å²) in [5.74, 6) is 0.155. The average Bonchev–Trinajstić information content (AvgIpc) is 2.98. The summed E-state index contributed by atoms with van der Waals surface area (Å²) in [5, 5.41) is 0. The normalized spacial score (nSPS) is 14.0. The number of benzene rings is 2. The monoisotopic (exact) mass is 400 g/mol. The quantitative estimate of drug-likeness (QED) is 0.567.